The van der Waals surface area contributed by atoms with Crippen molar-refractivity contribution in [3.8, 4) is 11.3 Å². The molecule has 4 aromatic rings. The van der Waals surface area contributed by atoms with Crippen molar-refractivity contribution in [2.24, 2.45) is 0 Å². The lowest BCUT2D eigenvalue weighted by Crippen LogP contribution is -2.42. The molecule has 1 heterocycles. The number of para-hydroxylation sites is 1. The van der Waals surface area contributed by atoms with Gasteiger partial charge in [-0.25, -0.2) is 18.9 Å². The summed E-state index contributed by atoms with van der Waals surface area (Å²) < 4.78 is 30.2. The molecule has 0 radical (unpaired) electrons. The number of aliphatic hydroxyl groups is 1. The van der Waals surface area contributed by atoms with E-state index in [1.165, 1.54) is 12.1 Å². The van der Waals surface area contributed by atoms with Gasteiger partial charge in [0, 0.05) is 36.0 Å². The number of hydroxylamine groups is 1. The van der Waals surface area contributed by atoms with Crippen LogP contribution in [0.25, 0.3) is 11.3 Å². The Labute approximate surface area is 233 Å². The molecule has 1 unspecified atom stereocenters. The molecular formula is C29H33N5O5S. The fourth-order valence-electron chi connectivity index (χ4n) is 4.25. The number of aliphatic hydroxyl groups excluding tert-OH is 1. The van der Waals surface area contributed by atoms with Crippen LogP contribution >= 0.6 is 0 Å². The number of carbonyl (C=O) groups is 1. The van der Waals surface area contributed by atoms with Crippen molar-refractivity contribution in [3.05, 3.63) is 103 Å². The van der Waals surface area contributed by atoms with Gasteiger partial charge in [-0.05, 0) is 44.5 Å². The molecule has 10 nitrogen and oxygen atoms in total. The Hall–Kier alpha value is -4.03. The summed E-state index contributed by atoms with van der Waals surface area (Å²) in [5.41, 5.74) is 3.60. The van der Waals surface area contributed by atoms with Crippen molar-refractivity contribution in [1.82, 2.24) is 20.3 Å². The van der Waals surface area contributed by atoms with E-state index in [0.29, 0.717) is 41.0 Å². The molecule has 210 valence electrons. The number of sulfonamides is 1. The van der Waals surface area contributed by atoms with E-state index in [-0.39, 0.29) is 17.0 Å². The van der Waals surface area contributed by atoms with Gasteiger partial charge >= 0.3 is 0 Å². The molecule has 1 atom stereocenters. The van der Waals surface area contributed by atoms with Crippen LogP contribution in [-0.2, 0) is 16.6 Å². The maximum absolute atomic E-state index is 12.8. The minimum atomic E-state index is -3.80. The molecule has 0 aliphatic rings. The van der Waals surface area contributed by atoms with Crippen LogP contribution in [0.15, 0.2) is 96.3 Å². The SMILES string of the molecule is CC(C)(CCn1cnc(-c2ccccc2C(=O)NO)c1)NCC(O)c1ccccc1NS(=O)(=O)c1ccccc1. The topological polar surface area (TPSA) is 146 Å². The van der Waals surface area contributed by atoms with Crippen molar-refractivity contribution in [3.63, 3.8) is 0 Å². The number of amides is 1. The molecule has 11 heteroatoms. The van der Waals surface area contributed by atoms with Gasteiger partial charge in [0.1, 0.15) is 0 Å². The molecule has 40 heavy (non-hydrogen) atoms. The predicted molar refractivity (Wildman–Crippen MR) is 152 cm³/mol. The number of aromatic nitrogens is 2. The van der Waals surface area contributed by atoms with Crippen molar-refractivity contribution >= 4 is 21.6 Å². The summed E-state index contributed by atoms with van der Waals surface area (Å²) in [6.07, 6.45) is 3.26. The van der Waals surface area contributed by atoms with Crippen molar-refractivity contribution < 1.29 is 23.5 Å². The molecule has 0 fully saturated rings. The number of benzene rings is 3. The van der Waals surface area contributed by atoms with Gasteiger partial charge < -0.3 is 15.0 Å². The molecule has 3 aromatic carbocycles. The van der Waals surface area contributed by atoms with E-state index in [1.807, 2.05) is 24.6 Å². The number of hydrogen-bond acceptors (Lipinski definition) is 7. The van der Waals surface area contributed by atoms with Gasteiger partial charge in [-0.2, -0.15) is 0 Å². The number of hydrogen-bond donors (Lipinski definition) is 5. The Morgan fingerprint density at radius 1 is 1.00 bits per heavy atom. The molecule has 0 bridgehead atoms. The molecule has 1 aromatic heterocycles. The van der Waals surface area contributed by atoms with Crippen LogP contribution in [0.5, 0.6) is 0 Å². The number of carbonyl (C=O) groups excluding carboxylic acids is 1. The van der Waals surface area contributed by atoms with Crippen molar-refractivity contribution in [2.75, 3.05) is 11.3 Å². The second kappa shape index (κ2) is 12.4. The lowest BCUT2D eigenvalue weighted by molar-refractivity contribution is 0.0707. The van der Waals surface area contributed by atoms with Gasteiger partial charge in [0.05, 0.1) is 34.3 Å². The number of β-amino-alcohol motifs (C(OH)–C–C–N with tert-alkyl or cyclic N) is 1. The van der Waals surface area contributed by atoms with Gasteiger partial charge in [-0.3, -0.25) is 14.7 Å². The van der Waals surface area contributed by atoms with Crippen molar-refractivity contribution in [1.29, 1.82) is 0 Å². The summed E-state index contributed by atoms with van der Waals surface area (Å²) in [6, 6.07) is 21.8. The molecule has 5 N–H and O–H groups in total. The molecule has 0 spiro atoms. The highest BCUT2D eigenvalue weighted by Crippen LogP contribution is 2.26. The molecule has 0 saturated heterocycles. The number of imidazole rings is 1. The summed E-state index contributed by atoms with van der Waals surface area (Å²) in [4.78, 5) is 16.6. The van der Waals surface area contributed by atoms with Gasteiger partial charge in [0.25, 0.3) is 15.9 Å². The number of nitrogens with one attached hydrogen (secondary N) is 3. The first-order chi connectivity index (χ1) is 19.1. The molecular weight excluding hydrogens is 530 g/mol. The maximum Gasteiger partial charge on any atom is 0.275 e. The van der Waals surface area contributed by atoms with E-state index in [9.17, 15) is 18.3 Å². The Morgan fingerprint density at radius 2 is 1.68 bits per heavy atom. The first-order valence-electron chi connectivity index (χ1n) is 12.8. The second-order valence-electron chi connectivity index (χ2n) is 10.0. The summed E-state index contributed by atoms with van der Waals surface area (Å²) in [7, 11) is -3.80. The molecule has 4 rings (SSSR count). The molecule has 0 saturated carbocycles. The van der Waals surface area contributed by atoms with Crippen LogP contribution in [0.2, 0.25) is 0 Å². The van der Waals surface area contributed by atoms with Crippen LogP contribution in [0.1, 0.15) is 42.3 Å². The van der Waals surface area contributed by atoms with Crippen LogP contribution in [-0.4, -0.2) is 46.3 Å². The molecule has 1 amide bonds. The summed E-state index contributed by atoms with van der Waals surface area (Å²) in [6.45, 7) is 4.85. The maximum atomic E-state index is 12.8. The summed E-state index contributed by atoms with van der Waals surface area (Å²) >= 11 is 0. The highest BCUT2D eigenvalue weighted by Gasteiger charge is 2.22. The zero-order valence-electron chi connectivity index (χ0n) is 22.3. The monoisotopic (exact) mass is 563 g/mol. The lowest BCUT2D eigenvalue weighted by atomic mass is 9.99. The van der Waals surface area contributed by atoms with E-state index in [0.717, 1.165) is 0 Å². The Morgan fingerprint density at radius 3 is 2.42 bits per heavy atom. The smallest absolute Gasteiger partial charge is 0.275 e. The number of rotatable bonds is 12. The standard InChI is InChI=1S/C29H33N5O5S/c1-29(2,16-17-34-19-26(30-20-34)22-12-6-7-13-23(22)28(36)32-37)31-18-27(35)24-14-8-9-15-25(24)33-40(38,39)21-10-4-3-5-11-21/h3-15,19-20,27,31,33,35,37H,16-18H2,1-2H3,(H,32,36). The summed E-state index contributed by atoms with van der Waals surface area (Å²) in [5, 5.41) is 23.4. The Kier molecular flexibility index (Phi) is 9.00. The molecule has 0 aliphatic heterocycles. The predicted octanol–water partition coefficient (Wildman–Crippen LogP) is 3.96. The van der Waals surface area contributed by atoms with E-state index in [4.69, 9.17) is 5.21 Å². The van der Waals surface area contributed by atoms with Gasteiger partial charge in [-0.1, -0.05) is 54.6 Å². The van der Waals surface area contributed by atoms with E-state index < -0.39 is 22.0 Å². The average Bonchev–Trinajstić information content (AvgIpc) is 3.44. The quantitative estimate of drug-likeness (QED) is 0.130. The zero-order chi connectivity index (χ0) is 28.8. The van der Waals surface area contributed by atoms with Gasteiger partial charge in [0.15, 0.2) is 0 Å². The lowest BCUT2D eigenvalue weighted by Gasteiger charge is -2.28. The third kappa shape index (κ3) is 7.13. The minimum absolute atomic E-state index is 0.140. The zero-order valence-corrected chi connectivity index (χ0v) is 23.1. The van der Waals surface area contributed by atoms with Gasteiger partial charge in [0.2, 0.25) is 0 Å². The number of aryl methyl sites for hydroxylation is 1. The van der Waals surface area contributed by atoms with Crippen LogP contribution in [0.4, 0.5) is 5.69 Å². The highest BCUT2D eigenvalue weighted by molar-refractivity contribution is 7.92. The second-order valence-corrected chi connectivity index (χ2v) is 11.7. The van der Waals surface area contributed by atoms with Crippen LogP contribution in [0, 0.1) is 0 Å². The fraction of sp³-hybridized carbons (Fsp3) is 0.241. The highest BCUT2D eigenvalue weighted by atomic mass is 32.2. The molecule has 0 aliphatic carbocycles. The minimum Gasteiger partial charge on any atom is -0.387 e. The number of anilines is 1. The van der Waals surface area contributed by atoms with Crippen molar-refractivity contribution in [2.45, 2.75) is 43.4 Å². The van der Waals surface area contributed by atoms with Crippen LogP contribution < -0.4 is 15.5 Å². The van der Waals surface area contributed by atoms with Gasteiger partial charge in [-0.15, -0.1) is 0 Å². The van der Waals surface area contributed by atoms with Crippen LogP contribution in [0.3, 0.4) is 0 Å². The Bertz CT molecular complexity index is 1550. The van der Waals surface area contributed by atoms with E-state index in [1.54, 1.807) is 78.5 Å². The normalized spacial score (nSPS) is 12.6. The summed E-state index contributed by atoms with van der Waals surface area (Å²) in [5.74, 6) is -0.608. The third-order valence-electron chi connectivity index (χ3n) is 6.57. The fourth-order valence-corrected chi connectivity index (χ4v) is 5.36. The third-order valence-corrected chi connectivity index (χ3v) is 7.95. The first-order valence-corrected chi connectivity index (χ1v) is 14.2. The first kappa shape index (κ1) is 29.0. The number of nitrogens with zero attached hydrogens (tertiary/aromatic N) is 2. The Balaban J connectivity index is 1.37. The largest absolute Gasteiger partial charge is 0.387 e. The average molecular weight is 564 g/mol. The van der Waals surface area contributed by atoms with E-state index in [2.05, 4.69) is 15.0 Å². The van der Waals surface area contributed by atoms with E-state index >= 15 is 0 Å².